The van der Waals surface area contributed by atoms with E-state index in [1.54, 1.807) is 0 Å². The van der Waals surface area contributed by atoms with Crippen molar-refractivity contribution in [3.05, 3.63) is 259 Å². The van der Waals surface area contributed by atoms with Crippen molar-refractivity contribution in [3.63, 3.8) is 0 Å². The quantitative estimate of drug-likeness (QED) is 0.173. The van der Waals surface area contributed by atoms with E-state index < -0.39 is 5.41 Å². The summed E-state index contributed by atoms with van der Waals surface area (Å²) in [6.45, 7) is 0. The molecule has 0 N–H and O–H groups in total. The smallest absolute Gasteiger partial charge is 0.178 e. The van der Waals surface area contributed by atoms with E-state index in [1.165, 1.54) is 44.2 Å². The molecule has 1 aliphatic heterocycles. The van der Waals surface area contributed by atoms with Crippen LogP contribution in [0, 0.1) is 0 Å². The van der Waals surface area contributed by atoms with Crippen LogP contribution in [0.5, 0.6) is 23.0 Å². The molecule has 70 heavy (non-hydrogen) atoms. The first-order chi connectivity index (χ1) is 34.7. The molecule has 0 atom stereocenters. The van der Waals surface area contributed by atoms with Crippen LogP contribution in [-0.2, 0) is 5.41 Å². The molecule has 0 saturated carbocycles. The number of fused-ring (bicyclic) bond motifs is 16. The molecule has 1 spiro atoms. The van der Waals surface area contributed by atoms with Gasteiger partial charge in [-0.25, -0.2) is 9.97 Å². The molecule has 0 unspecified atom stereocenters. The van der Waals surface area contributed by atoms with Gasteiger partial charge >= 0.3 is 0 Å². The summed E-state index contributed by atoms with van der Waals surface area (Å²) in [4.78, 5) is 10.2. The van der Waals surface area contributed by atoms with E-state index in [2.05, 4.69) is 180 Å². The van der Waals surface area contributed by atoms with Crippen LogP contribution in [0.2, 0.25) is 0 Å². The Hall–Kier alpha value is -9.32. The highest BCUT2D eigenvalue weighted by molar-refractivity contribution is 6.11. The second kappa shape index (κ2) is 14.8. The highest BCUT2D eigenvalue weighted by Crippen LogP contribution is 2.66. The van der Waals surface area contributed by atoms with Crippen LogP contribution in [-0.4, -0.2) is 14.5 Å². The summed E-state index contributed by atoms with van der Waals surface area (Å²) in [7, 11) is 0. The molecular formula is C65H39N3O2. The van der Waals surface area contributed by atoms with Crippen molar-refractivity contribution in [1.82, 2.24) is 14.5 Å². The molecule has 0 fully saturated rings. The van der Waals surface area contributed by atoms with Crippen LogP contribution in [0.25, 0.3) is 94.8 Å². The van der Waals surface area contributed by atoms with Gasteiger partial charge in [0.25, 0.3) is 0 Å². The van der Waals surface area contributed by atoms with Crippen molar-refractivity contribution in [2.24, 2.45) is 0 Å². The number of ether oxygens (including phenoxy) is 2. The lowest BCUT2D eigenvalue weighted by molar-refractivity contribution is 0.360. The van der Waals surface area contributed by atoms with Gasteiger partial charge in [0, 0.05) is 38.7 Å². The zero-order valence-corrected chi connectivity index (χ0v) is 37.7. The van der Waals surface area contributed by atoms with Gasteiger partial charge in [-0.3, -0.25) is 0 Å². The van der Waals surface area contributed by atoms with Crippen molar-refractivity contribution in [3.8, 4) is 96.0 Å². The summed E-state index contributed by atoms with van der Waals surface area (Å²) in [6.07, 6.45) is 0. The number of rotatable bonds is 5. The van der Waals surface area contributed by atoms with Crippen molar-refractivity contribution in [1.29, 1.82) is 0 Å². The average Bonchev–Trinajstić information content (AvgIpc) is 4.05. The molecule has 12 aromatic rings. The molecular weight excluding hydrogens is 855 g/mol. The van der Waals surface area contributed by atoms with Crippen molar-refractivity contribution >= 4 is 21.8 Å². The Morgan fingerprint density at radius 1 is 0.343 bits per heavy atom. The van der Waals surface area contributed by atoms with E-state index in [0.717, 1.165) is 90.1 Å². The topological polar surface area (TPSA) is 49.2 Å². The molecule has 3 heterocycles. The normalized spacial score (nSPS) is 13.2. The van der Waals surface area contributed by atoms with Crippen LogP contribution in [0.1, 0.15) is 22.3 Å². The van der Waals surface area contributed by atoms with E-state index in [1.807, 2.05) is 60.7 Å². The van der Waals surface area contributed by atoms with E-state index in [0.29, 0.717) is 5.82 Å². The maximum atomic E-state index is 6.84. The second-order valence-corrected chi connectivity index (χ2v) is 18.4. The SMILES string of the molecule is c1ccc(-c2cc(-c3ccccc3)nc(-c3ccc(-n4c5ccccc5c5cc(-c6ccc7c(c6)C6(c8ccccc8-c8ccccc86)c6ccc8c(c6-7)Oc6ccccc6O8)ccc54)cc3)n2)cc1. The fourth-order valence-corrected chi connectivity index (χ4v) is 11.7. The van der Waals surface area contributed by atoms with Gasteiger partial charge in [-0.05, 0) is 123 Å². The summed E-state index contributed by atoms with van der Waals surface area (Å²) in [5.74, 6) is 3.62. The van der Waals surface area contributed by atoms with Crippen molar-refractivity contribution < 1.29 is 9.47 Å². The zero-order chi connectivity index (χ0) is 45.9. The second-order valence-electron chi connectivity index (χ2n) is 18.4. The summed E-state index contributed by atoms with van der Waals surface area (Å²) in [6, 6.07) is 84.3. The molecule has 0 radical (unpaired) electrons. The largest absolute Gasteiger partial charge is 0.449 e. The van der Waals surface area contributed by atoms with E-state index in [9.17, 15) is 0 Å². The fourth-order valence-electron chi connectivity index (χ4n) is 11.7. The van der Waals surface area contributed by atoms with E-state index in [-0.39, 0.29) is 0 Å². The molecule has 5 nitrogen and oxygen atoms in total. The number of hydrogen-bond acceptors (Lipinski definition) is 4. The van der Waals surface area contributed by atoms with Crippen LogP contribution in [0.3, 0.4) is 0 Å². The van der Waals surface area contributed by atoms with Gasteiger partial charge in [0.15, 0.2) is 28.8 Å². The van der Waals surface area contributed by atoms with Crippen molar-refractivity contribution in [2.75, 3.05) is 0 Å². The minimum Gasteiger partial charge on any atom is -0.449 e. The summed E-state index contributed by atoms with van der Waals surface area (Å²) in [5, 5.41) is 2.39. The first-order valence-corrected chi connectivity index (χ1v) is 23.8. The Morgan fingerprint density at radius 2 is 0.914 bits per heavy atom. The van der Waals surface area contributed by atoms with E-state index in [4.69, 9.17) is 19.4 Å². The van der Waals surface area contributed by atoms with Crippen LogP contribution >= 0.6 is 0 Å². The summed E-state index contributed by atoms with van der Waals surface area (Å²) < 4.78 is 15.8. The molecule has 2 aromatic heterocycles. The average molecular weight is 894 g/mol. The first-order valence-electron chi connectivity index (χ1n) is 23.8. The molecule has 326 valence electrons. The predicted molar refractivity (Wildman–Crippen MR) is 281 cm³/mol. The molecule has 0 saturated heterocycles. The Labute approximate surface area is 404 Å². The Bertz CT molecular complexity index is 4020. The lowest BCUT2D eigenvalue weighted by atomic mass is 9.70. The monoisotopic (exact) mass is 893 g/mol. The van der Waals surface area contributed by atoms with Crippen LogP contribution in [0.15, 0.2) is 237 Å². The molecule has 0 amide bonds. The summed E-state index contributed by atoms with van der Waals surface area (Å²) in [5.41, 5.74) is 19.7. The molecule has 3 aliphatic rings. The van der Waals surface area contributed by atoms with Gasteiger partial charge in [-0.2, -0.15) is 0 Å². The van der Waals surface area contributed by atoms with Gasteiger partial charge in [0.2, 0.25) is 0 Å². The number of nitrogens with zero attached hydrogens (tertiary/aromatic N) is 3. The van der Waals surface area contributed by atoms with Gasteiger partial charge in [0.1, 0.15) is 0 Å². The lowest BCUT2D eigenvalue weighted by Crippen LogP contribution is -2.26. The maximum Gasteiger partial charge on any atom is 0.178 e. The minimum atomic E-state index is -0.563. The van der Waals surface area contributed by atoms with Crippen LogP contribution in [0.4, 0.5) is 0 Å². The number of aromatic nitrogens is 3. The molecule has 5 heteroatoms. The number of para-hydroxylation sites is 3. The van der Waals surface area contributed by atoms with Gasteiger partial charge in [0.05, 0.1) is 27.8 Å². The Kier molecular flexibility index (Phi) is 8.21. The molecule has 2 aliphatic carbocycles. The van der Waals surface area contributed by atoms with Crippen molar-refractivity contribution in [2.45, 2.75) is 5.41 Å². The summed E-state index contributed by atoms with van der Waals surface area (Å²) >= 11 is 0. The predicted octanol–water partition coefficient (Wildman–Crippen LogP) is 16.5. The third-order valence-corrected chi connectivity index (χ3v) is 14.7. The lowest BCUT2D eigenvalue weighted by Gasteiger charge is -2.31. The van der Waals surface area contributed by atoms with E-state index >= 15 is 0 Å². The minimum absolute atomic E-state index is 0.563. The third-order valence-electron chi connectivity index (χ3n) is 14.7. The Balaban J connectivity index is 0.868. The molecule has 10 aromatic carbocycles. The van der Waals surface area contributed by atoms with Gasteiger partial charge in [-0.15, -0.1) is 0 Å². The fraction of sp³-hybridized carbons (Fsp3) is 0.0154. The van der Waals surface area contributed by atoms with Gasteiger partial charge in [-0.1, -0.05) is 164 Å². The zero-order valence-electron chi connectivity index (χ0n) is 37.7. The van der Waals surface area contributed by atoms with Crippen LogP contribution < -0.4 is 9.47 Å². The first kappa shape index (κ1) is 38.8. The maximum absolute atomic E-state index is 6.84. The highest BCUT2D eigenvalue weighted by Gasteiger charge is 2.53. The standard InChI is InChI=1S/C65H39N3O2/c1-3-15-40(16-4-1)55-39-56(41-17-5-2-6-18-41)67-64(66-55)42-27-31-45(32-28-42)68-57-24-12-9-21-48(57)50-37-43(30-35-58(50)68)44-29-33-49-54(38-44)65(51-22-10-7-19-46(51)47-20-8-11-23-52(47)65)53-34-36-61-63(62(49)53)70-60-26-14-13-25-59(60)69-61/h1-39H. The van der Waals surface area contributed by atoms with Gasteiger partial charge < -0.3 is 14.0 Å². The molecule has 0 bridgehead atoms. The highest BCUT2D eigenvalue weighted by atomic mass is 16.6. The Morgan fingerprint density at radius 3 is 1.63 bits per heavy atom. The number of benzene rings is 10. The third kappa shape index (κ3) is 5.54. The number of hydrogen-bond donors (Lipinski definition) is 0. The molecule has 15 rings (SSSR count).